The van der Waals surface area contributed by atoms with Gasteiger partial charge < -0.3 is 14.2 Å². The van der Waals surface area contributed by atoms with Crippen LogP contribution < -0.4 is 4.74 Å². The molecule has 186 valence electrons. The Labute approximate surface area is 209 Å². The van der Waals surface area contributed by atoms with Gasteiger partial charge in [-0.3, -0.25) is 14.6 Å². The van der Waals surface area contributed by atoms with Gasteiger partial charge in [-0.1, -0.05) is 25.1 Å². The molecule has 35 heavy (non-hydrogen) atoms. The third kappa shape index (κ3) is 6.97. The van der Waals surface area contributed by atoms with Gasteiger partial charge in [0, 0.05) is 18.3 Å². The van der Waals surface area contributed by atoms with Crippen molar-refractivity contribution in [2.75, 3.05) is 19.1 Å². The summed E-state index contributed by atoms with van der Waals surface area (Å²) in [6.45, 7) is 2.21. The van der Waals surface area contributed by atoms with E-state index in [2.05, 4.69) is 18.0 Å². The van der Waals surface area contributed by atoms with Gasteiger partial charge in [-0.05, 0) is 61.4 Å². The second kappa shape index (κ2) is 12.1. The molecule has 1 aliphatic heterocycles. The first-order valence-corrected chi connectivity index (χ1v) is 13.0. The number of pyridine rings is 1. The maximum atomic E-state index is 12.8. The van der Waals surface area contributed by atoms with Gasteiger partial charge in [0.2, 0.25) is 11.8 Å². The van der Waals surface area contributed by atoms with Crippen molar-refractivity contribution in [3.63, 3.8) is 0 Å². The van der Waals surface area contributed by atoms with E-state index in [1.807, 2.05) is 36.5 Å². The van der Waals surface area contributed by atoms with Gasteiger partial charge >= 0.3 is 6.16 Å². The van der Waals surface area contributed by atoms with Crippen LogP contribution in [0.2, 0.25) is 0 Å². The van der Waals surface area contributed by atoms with E-state index in [1.165, 1.54) is 17.3 Å². The Morgan fingerprint density at radius 2 is 1.89 bits per heavy atom. The number of ether oxygens (including phenoxy) is 3. The fourth-order valence-corrected chi connectivity index (χ4v) is 4.78. The third-order valence-corrected chi connectivity index (χ3v) is 7.33. The molecule has 0 radical (unpaired) electrons. The number of aryl methyl sites for hydroxylation is 1. The molecule has 2 aromatic rings. The van der Waals surface area contributed by atoms with Crippen LogP contribution in [0.1, 0.15) is 43.0 Å². The van der Waals surface area contributed by atoms with Crippen LogP contribution in [0.4, 0.5) is 4.79 Å². The van der Waals surface area contributed by atoms with Crippen molar-refractivity contribution in [3.05, 3.63) is 59.4 Å². The molecule has 2 amide bonds. The van der Waals surface area contributed by atoms with E-state index in [1.54, 1.807) is 0 Å². The number of carbonyl (C=O) groups excluding carboxylic acids is 3. The molecule has 2 heterocycles. The Morgan fingerprint density at radius 1 is 1.11 bits per heavy atom. The highest BCUT2D eigenvalue weighted by Crippen LogP contribution is 2.26. The predicted octanol–water partition coefficient (Wildman–Crippen LogP) is 3.94. The molecule has 2 aliphatic rings. The fourth-order valence-electron chi connectivity index (χ4n) is 3.70. The van der Waals surface area contributed by atoms with Crippen molar-refractivity contribution in [2.24, 2.45) is 0 Å². The Morgan fingerprint density at radius 3 is 2.54 bits per heavy atom. The molecule has 8 nitrogen and oxygen atoms in total. The summed E-state index contributed by atoms with van der Waals surface area (Å²) in [7, 11) is 0. The predicted molar refractivity (Wildman–Crippen MR) is 131 cm³/mol. The average Bonchev–Trinajstić information content (AvgIpc) is 2.84. The van der Waals surface area contributed by atoms with Crippen molar-refractivity contribution in [2.45, 2.75) is 56.8 Å². The smallest absolute Gasteiger partial charge is 0.493 e. The van der Waals surface area contributed by atoms with Crippen LogP contribution >= 0.6 is 11.8 Å². The number of carbonyl (C=O) groups is 3. The number of benzene rings is 1. The fraction of sp³-hybridized carbons (Fsp3) is 0.462. The lowest BCUT2D eigenvalue weighted by Crippen LogP contribution is -2.49. The zero-order valence-electron chi connectivity index (χ0n) is 19.8. The molecule has 1 aliphatic carbocycles. The minimum atomic E-state index is -0.838. The van der Waals surface area contributed by atoms with Gasteiger partial charge in [-0.2, -0.15) is 0 Å². The molecular formula is C26H30N2O6S. The Bertz CT molecular complexity index is 1020. The number of hydrogen-bond donors (Lipinski definition) is 0. The molecule has 1 saturated heterocycles. The lowest BCUT2D eigenvalue weighted by molar-refractivity contribution is -0.148. The zero-order chi connectivity index (χ0) is 24.6. The van der Waals surface area contributed by atoms with Crippen molar-refractivity contribution in [1.29, 1.82) is 0 Å². The van der Waals surface area contributed by atoms with Gasteiger partial charge in [0.1, 0.15) is 11.9 Å². The van der Waals surface area contributed by atoms with E-state index in [4.69, 9.17) is 14.2 Å². The van der Waals surface area contributed by atoms with Gasteiger partial charge in [-0.15, -0.1) is 11.8 Å². The number of rotatable bonds is 10. The molecular weight excluding hydrogens is 468 g/mol. The van der Waals surface area contributed by atoms with Crippen molar-refractivity contribution < 1.29 is 28.6 Å². The molecule has 4 rings (SSSR count). The molecule has 0 spiro atoms. The molecule has 1 aromatic heterocycles. The van der Waals surface area contributed by atoms with Crippen LogP contribution in [-0.4, -0.2) is 58.3 Å². The van der Waals surface area contributed by atoms with Gasteiger partial charge in [0.25, 0.3) is 0 Å². The summed E-state index contributed by atoms with van der Waals surface area (Å²) in [5.74, 6) is 0.183. The highest BCUT2D eigenvalue weighted by Gasteiger charge is 2.36. The first-order chi connectivity index (χ1) is 17.0. The van der Waals surface area contributed by atoms with Crippen LogP contribution in [0.15, 0.2) is 42.6 Å². The second-order valence-corrected chi connectivity index (χ2v) is 9.80. The number of thioether (sulfide) groups is 1. The van der Waals surface area contributed by atoms with E-state index in [0.717, 1.165) is 54.0 Å². The minimum Gasteiger partial charge on any atom is -0.493 e. The maximum absolute atomic E-state index is 12.8. The van der Waals surface area contributed by atoms with Gasteiger partial charge in [-0.25, -0.2) is 9.69 Å². The number of imide groups is 1. The number of nitrogens with zero attached hydrogens (tertiary/aromatic N) is 2. The van der Waals surface area contributed by atoms with Crippen molar-refractivity contribution >= 4 is 29.7 Å². The third-order valence-electron chi connectivity index (χ3n) is 6.14. The van der Waals surface area contributed by atoms with Crippen LogP contribution in [0.5, 0.6) is 5.75 Å². The minimum absolute atomic E-state index is 0.116. The lowest BCUT2D eigenvalue weighted by Gasteiger charge is -2.30. The van der Waals surface area contributed by atoms with Crippen LogP contribution in [0.25, 0.3) is 0 Å². The van der Waals surface area contributed by atoms with Crippen molar-refractivity contribution in [1.82, 2.24) is 9.88 Å². The highest BCUT2D eigenvalue weighted by atomic mass is 32.2. The van der Waals surface area contributed by atoms with E-state index < -0.39 is 18.1 Å². The summed E-state index contributed by atoms with van der Waals surface area (Å²) in [5, 5.41) is -0.428. The summed E-state index contributed by atoms with van der Waals surface area (Å²) in [6.07, 6.45) is 5.77. The largest absolute Gasteiger partial charge is 0.510 e. The summed E-state index contributed by atoms with van der Waals surface area (Å²) >= 11 is 1.30. The zero-order valence-corrected chi connectivity index (χ0v) is 20.6. The quantitative estimate of drug-likeness (QED) is 0.359. The Kier molecular flexibility index (Phi) is 8.63. The SMILES string of the molecule is CCc1ccc(CCOc2ccc(CC3SCC(=O)N(COC(=O)OC4CCC4)C3=O)cc2)nc1. The topological polar surface area (TPSA) is 95.0 Å². The summed E-state index contributed by atoms with van der Waals surface area (Å²) in [4.78, 5) is 42.3. The lowest BCUT2D eigenvalue weighted by atomic mass is 9.96. The molecule has 1 aromatic carbocycles. The van der Waals surface area contributed by atoms with Crippen LogP contribution in [0.3, 0.4) is 0 Å². The maximum Gasteiger partial charge on any atom is 0.510 e. The number of amides is 2. The molecule has 1 atom stereocenters. The first kappa shape index (κ1) is 25.0. The molecule has 0 N–H and O–H groups in total. The molecule has 2 fully saturated rings. The van der Waals surface area contributed by atoms with E-state index in [9.17, 15) is 14.4 Å². The number of aromatic nitrogens is 1. The Balaban J connectivity index is 1.23. The first-order valence-electron chi connectivity index (χ1n) is 12.0. The Hall–Kier alpha value is -3.07. The van der Waals surface area contributed by atoms with Crippen molar-refractivity contribution in [3.8, 4) is 5.75 Å². The summed E-state index contributed by atoms with van der Waals surface area (Å²) in [6, 6.07) is 11.7. The van der Waals surface area contributed by atoms with E-state index in [0.29, 0.717) is 13.0 Å². The summed E-state index contributed by atoms with van der Waals surface area (Å²) in [5.41, 5.74) is 3.16. The van der Waals surface area contributed by atoms with Gasteiger partial charge in [0.15, 0.2) is 6.73 Å². The normalized spacial score (nSPS) is 18.2. The van der Waals surface area contributed by atoms with E-state index in [-0.39, 0.29) is 23.7 Å². The van der Waals surface area contributed by atoms with E-state index >= 15 is 0 Å². The molecule has 9 heteroatoms. The standard InChI is InChI=1S/C26H30N2O6S/c1-2-18-6-9-20(27-15-18)12-13-32-21-10-7-19(8-11-21)14-23-25(30)28(24(29)16-35-23)17-33-26(31)34-22-4-3-5-22/h6-11,15,22-23H,2-5,12-14,16-17H2,1H3. The number of hydrogen-bond acceptors (Lipinski definition) is 8. The van der Waals surface area contributed by atoms with Gasteiger partial charge in [0.05, 0.1) is 17.6 Å². The monoisotopic (exact) mass is 498 g/mol. The second-order valence-electron chi connectivity index (χ2n) is 8.61. The highest BCUT2D eigenvalue weighted by molar-refractivity contribution is 8.01. The molecule has 1 saturated carbocycles. The summed E-state index contributed by atoms with van der Waals surface area (Å²) < 4.78 is 16.0. The van der Waals surface area contributed by atoms with Crippen LogP contribution in [-0.2, 0) is 38.3 Å². The molecule has 0 bridgehead atoms. The van der Waals surface area contributed by atoms with Crippen LogP contribution in [0, 0.1) is 0 Å². The molecule has 1 unspecified atom stereocenters. The average molecular weight is 499 g/mol.